The van der Waals surface area contributed by atoms with Gasteiger partial charge in [-0.1, -0.05) is 18.2 Å². The maximum atomic E-state index is 12.7. The summed E-state index contributed by atoms with van der Waals surface area (Å²) in [7, 11) is 4.53. The molecule has 0 amide bonds. The molecule has 0 saturated heterocycles. The molecule has 0 aliphatic heterocycles. The van der Waals surface area contributed by atoms with Crippen LogP contribution in [0.2, 0.25) is 0 Å². The summed E-state index contributed by atoms with van der Waals surface area (Å²) in [5.74, 6) is 1.41. The van der Waals surface area contributed by atoms with Crippen molar-refractivity contribution in [1.82, 2.24) is 15.0 Å². The molecule has 3 N–H and O–H groups in total. The molecule has 0 spiro atoms. The van der Waals surface area contributed by atoms with E-state index in [-0.39, 0.29) is 10.7 Å². The van der Waals surface area contributed by atoms with Crippen molar-refractivity contribution >= 4 is 23.1 Å². The van der Waals surface area contributed by atoms with Crippen LogP contribution in [0.1, 0.15) is 11.1 Å². The van der Waals surface area contributed by atoms with Gasteiger partial charge in [-0.25, -0.2) is 0 Å². The third-order valence-electron chi connectivity index (χ3n) is 4.95. The zero-order chi connectivity index (χ0) is 22.0. The Hall–Kier alpha value is -4.20. The van der Waals surface area contributed by atoms with Crippen molar-refractivity contribution < 1.29 is 14.2 Å². The molecule has 2 aromatic carbocycles. The van der Waals surface area contributed by atoms with Crippen molar-refractivity contribution in [2.45, 2.75) is 0 Å². The lowest BCUT2D eigenvalue weighted by Crippen LogP contribution is -2.46. The van der Waals surface area contributed by atoms with Gasteiger partial charge < -0.3 is 29.2 Å². The maximum absolute atomic E-state index is 12.7. The first kappa shape index (κ1) is 20.1. The van der Waals surface area contributed by atoms with Crippen molar-refractivity contribution in [3.05, 3.63) is 85.1 Å². The molecule has 158 valence electrons. The third kappa shape index (κ3) is 3.83. The van der Waals surface area contributed by atoms with Gasteiger partial charge in [-0.15, -0.1) is 0 Å². The minimum absolute atomic E-state index is 0.0721. The summed E-state index contributed by atoms with van der Waals surface area (Å²) in [5.41, 5.74) is 1.36. The highest BCUT2D eigenvalue weighted by Crippen LogP contribution is 2.34. The van der Waals surface area contributed by atoms with Crippen LogP contribution in [0.3, 0.4) is 0 Å². The minimum Gasteiger partial charge on any atom is -0.496 e. The third-order valence-corrected chi connectivity index (χ3v) is 4.95. The number of nitrogens with one attached hydrogen (secondary N) is 3. The van der Waals surface area contributed by atoms with Crippen LogP contribution in [0.25, 0.3) is 23.1 Å². The number of aromatic amines is 3. The Morgan fingerprint density at radius 3 is 2.03 bits per heavy atom. The monoisotopic (exact) mass is 419 g/mol. The van der Waals surface area contributed by atoms with Crippen molar-refractivity contribution in [2.24, 2.45) is 0 Å². The van der Waals surface area contributed by atoms with Gasteiger partial charge in [-0.05, 0) is 18.2 Å². The van der Waals surface area contributed by atoms with Crippen molar-refractivity contribution in [3.63, 3.8) is 0 Å². The summed E-state index contributed by atoms with van der Waals surface area (Å²) in [6.07, 6.45) is 4.93. The second-order valence-electron chi connectivity index (χ2n) is 6.76. The number of benzene rings is 2. The molecule has 4 rings (SSSR count). The summed E-state index contributed by atoms with van der Waals surface area (Å²) < 4.78 is 16.0. The van der Waals surface area contributed by atoms with E-state index in [1.165, 1.54) is 27.4 Å². The fourth-order valence-electron chi connectivity index (χ4n) is 3.38. The molecular weight excluding hydrogens is 398 g/mol. The number of hydrogen-bond acceptors (Lipinski definition) is 5. The number of ether oxygens (including phenoxy) is 3. The lowest BCUT2D eigenvalue weighted by Gasteiger charge is -2.12. The lowest BCUT2D eigenvalue weighted by atomic mass is 10.1. The van der Waals surface area contributed by atoms with Gasteiger partial charge in [-0.3, -0.25) is 9.59 Å². The lowest BCUT2D eigenvalue weighted by molar-refractivity contribution is 0.374. The highest BCUT2D eigenvalue weighted by atomic mass is 16.5. The second kappa shape index (κ2) is 8.27. The van der Waals surface area contributed by atoms with Crippen LogP contribution in [0.15, 0.2) is 52.2 Å². The molecule has 0 radical (unpaired) electrons. The molecule has 0 saturated carbocycles. The number of fused-ring (bicyclic) bond motifs is 1. The Balaban J connectivity index is 1.88. The van der Waals surface area contributed by atoms with Gasteiger partial charge in [0.1, 0.15) is 27.9 Å². The van der Waals surface area contributed by atoms with E-state index >= 15 is 0 Å². The largest absolute Gasteiger partial charge is 0.496 e. The van der Waals surface area contributed by atoms with Gasteiger partial charge in [0, 0.05) is 34.8 Å². The number of aromatic nitrogens is 3. The molecule has 0 aliphatic rings. The summed E-state index contributed by atoms with van der Waals surface area (Å²) in [5, 5.41) is 1.18. The molecular formula is C23H21N3O5. The SMILES string of the molecule is COc1cc(OC)c(/C=c2\[nH]c(=O)/c(=C/c3c[nH]c4ccccc34)[nH]c2=O)c(OC)c1. The molecule has 4 aromatic rings. The van der Waals surface area contributed by atoms with E-state index < -0.39 is 11.1 Å². The van der Waals surface area contributed by atoms with Crippen LogP contribution in [0.5, 0.6) is 17.2 Å². The van der Waals surface area contributed by atoms with Gasteiger partial charge in [0.15, 0.2) is 0 Å². The van der Waals surface area contributed by atoms with Crippen LogP contribution in [-0.4, -0.2) is 36.3 Å². The molecule has 0 fully saturated rings. The van der Waals surface area contributed by atoms with Crippen LogP contribution in [-0.2, 0) is 0 Å². The smallest absolute Gasteiger partial charge is 0.272 e. The topological polar surface area (TPSA) is 109 Å². The van der Waals surface area contributed by atoms with Crippen LogP contribution < -0.4 is 36.0 Å². The molecule has 2 heterocycles. The van der Waals surface area contributed by atoms with Gasteiger partial charge in [0.2, 0.25) is 0 Å². The van der Waals surface area contributed by atoms with Crippen molar-refractivity contribution in [2.75, 3.05) is 21.3 Å². The van der Waals surface area contributed by atoms with Crippen molar-refractivity contribution in [1.29, 1.82) is 0 Å². The molecule has 31 heavy (non-hydrogen) atoms. The fraction of sp³-hybridized carbons (Fsp3) is 0.130. The number of hydrogen-bond donors (Lipinski definition) is 3. The van der Waals surface area contributed by atoms with E-state index in [9.17, 15) is 9.59 Å². The predicted octanol–water partition coefficient (Wildman–Crippen LogP) is 1.23. The average Bonchev–Trinajstić information content (AvgIpc) is 3.19. The highest BCUT2D eigenvalue weighted by molar-refractivity contribution is 5.88. The second-order valence-corrected chi connectivity index (χ2v) is 6.76. The van der Waals surface area contributed by atoms with Crippen LogP contribution in [0, 0.1) is 0 Å². The molecule has 8 nitrogen and oxygen atoms in total. The first-order valence-electron chi connectivity index (χ1n) is 9.46. The summed E-state index contributed by atoms with van der Waals surface area (Å²) in [4.78, 5) is 33.9. The molecule has 0 atom stereocenters. The first-order chi connectivity index (χ1) is 15.0. The summed E-state index contributed by atoms with van der Waals surface area (Å²) in [6, 6.07) is 11.0. The zero-order valence-corrected chi connectivity index (χ0v) is 17.2. The first-order valence-corrected chi connectivity index (χ1v) is 9.46. The van der Waals surface area contributed by atoms with E-state index in [1.807, 2.05) is 24.3 Å². The maximum Gasteiger partial charge on any atom is 0.272 e. The van der Waals surface area contributed by atoms with Gasteiger partial charge in [0.05, 0.1) is 26.9 Å². The average molecular weight is 419 g/mol. The molecule has 2 aromatic heterocycles. The molecule has 0 unspecified atom stereocenters. The Kier molecular flexibility index (Phi) is 5.36. The Bertz CT molecular complexity index is 1470. The quantitative estimate of drug-likeness (QED) is 0.451. The Labute approximate surface area is 176 Å². The highest BCUT2D eigenvalue weighted by Gasteiger charge is 2.12. The number of H-pyrrole nitrogens is 3. The standard InChI is InChI=1S/C23H21N3O5/c1-29-14-9-20(30-2)16(21(10-14)31-3)11-19-23(28)25-18(22(27)26-19)8-13-12-24-17-7-5-4-6-15(13)17/h4-12,24H,1-3H3,(H,25,28)(H,26,27)/b18-8-,19-11-. The summed E-state index contributed by atoms with van der Waals surface area (Å²) in [6.45, 7) is 0. The Morgan fingerprint density at radius 2 is 1.42 bits per heavy atom. The zero-order valence-electron chi connectivity index (χ0n) is 17.2. The minimum atomic E-state index is -0.453. The van der Waals surface area contributed by atoms with Gasteiger partial charge >= 0.3 is 0 Å². The molecule has 0 aliphatic carbocycles. The molecule has 8 heteroatoms. The Morgan fingerprint density at radius 1 is 0.806 bits per heavy atom. The number of rotatable bonds is 5. The van der Waals surface area contributed by atoms with Crippen LogP contribution in [0.4, 0.5) is 0 Å². The van der Waals surface area contributed by atoms with E-state index in [0.717, 1.165) is 16.5 Å². The number of para-hydroxylation sites is 1. The number of methoxy groups -OCH3 is 3. The van der Waals surface area contributed by atoms with Crippen LogP contribution >= 0.6 is 0 Å². The van der Waals surface area contributed by atoms with Gasteiger partial charge in [-0.2, -0.15) is 0 Å². The van der Waals surface area contributed by atoms with E-state index in [0.29, 0.717) is 22.8 Å². The van der Waals surface area contributed by atoms with Crippen molar-refractivity contribution in [3.8, 4) is 17.2 Å². The summed E-state index contributed by atoms with van der Waals surface area (Å²) >= 11 is 0. The normalized spacial score (nSPS) is 12.4. The predicted molar refractivity (Wildman–Crippen MR) is 118 cm³/mol. The van der Waals surface area contributed by atoms with Gasteiger partial charge in [0.25, 0.3) is 11.1 Å². The molecule has 0 bridgehead atoms. The van der Waals surface area contributed by atoms with E-state index in [1.54, 1.807) is 24.4 Å². The van der Waals surface area contributed by atoms with E-state index in [2.05, 4.69) is 15.0 Å². The fourth-order valence-corrected chi connectivity index (χ4v) is 3.38. The van der Waals surface area contributed by atoms with E-state index in [4.69, 9.17) is 14.2 Å².